The summed E-state index contributed by atoms with van der Waals surface area (Å²) in [6.45, 7) is 10.1. The van der Waals surface area contributed by atoms with Crippen LogP contribution in [0.2, 0.25) is 0 Å². The predicted octanol–water partition coefficient (Wildman–Crippen LogP) is 4.07. The van der Waals surface area contributed by atoms with Crippen LogP contribution in [0, 0.1) is 0 Å². The second-order valence-electron chi connectivity index (χ2n) is 8.29. The number of hydrogen-bond donors (Lipinski definition) is 1. The van der Waals surface area contributed by atoms with Crippen molar-refractivity contribution in [1.82, 2.24) is 14.8 Å². The van der Waals surface area contributed by atoms with Crippen molar-refractivity contribution < 1.29 is 14.3 Å². The number of fused-ring (bicyclic) bond motifs is 1. The number of nitrogens with one attached hydrogen (secondary N) is 1. The van der Waals surface area contributed by atoms with E-state index in [0.717, 1.165) is 68.6 Å². The molecule has 1 aliphatic heterocycles. The molecular weight excluding hydrogens is 378 g/mol. The van der Waals surface area contributed by atoms with Crippen molar-refractivity contribution in [2.45, 2.75) is 65.1 Å². The quantitative estimate of drug-likeness (QED) is 0.595. The number of ether oxygens (including phenoxy) is 2. The monoisotopic (exact) mass is 415 g/mol. The minimum atomic E-state index is 0.0742. The van der Waals surface area contributed by atoms with Crippen LogP contribution in [0.1, 0.15) is 56.9 Å². The van der Waals surface area contributed by atoms with E-state index >= 15 is 0 Å². The maximum atomic E-state index is 14.0. The van der Waals surface area contributed by atoms with Gasteiger partial charge in [-0.2, -0.15) is 0 Å². The molecule has 1 aromatic carbocycles. The van der Waals surface area contributed by atoms with E-state index < -0.39 is 0 Å². The fourth-order valence-electron chi connectivity index (χ4n) is 4.54. The molecule has 2 aromatic rings. The van der Waals surface area contributed by atoms with Crippen LogP contribution in [0.15, 0.2) is 24.3 Å². The lowest BCUT2D eigenvalue weighted by atomic mass is 10.0. The first kappa shape index (κ1) is 22.6. The molecule has 0 spiro atoms. The highest BCUT2D eigenvalue weighted by Gasteiger charge is 2.33. The Kier molecular flexibility index (Phi) is 8.16. The number of benzene rings is 1. The Hall–Kier alpha value is -2.05. The number of hydrogen-bond acceptors (Lipinski definition) is 4. The van der Waals surface area contributed by atoms with Gasteiger partial charge in [-0.15, -0.1) is 0 Å². The van der Waals surface area contributed by atoms with Crippen LogP contribution in [0.4, 0.5) is 0 Å². The van der Waals surface area contributed by atoms with E-state index in [1.807, 2.05) is 19.1 Å². The number of carbonyl (C=O) groups is 1. The fraction of sp³-hybridized carbons (Fsp3) is 0.625. The average Bonchev–Trinajstić information content (AvgIpc) is 3.06. The largest absolute Gasteiger partial charge is 0.491 e. The van der Waals surface area contributed by atoms with Gasteiger partial charge in [-0.05, 0) is 65.1 Å². The first-order chi connectivity index (χ1) is 14.6. The van der Waals surface area contributed by atoms with E-state index in [0.29, 0.717) is 12.3 Å². The third kappa shape index (κ3) is 4.81. The highest BCUT2D eigenvalue weighted by molar-refractivity contribution is 6.04. The zero-order chi connectivity index (χ0) is 21.5. The van der Waals surface area contributed by atoms with E-state index in [-0.39, 0.29) is 18.0 Å². The lowest BCUT2D eigenvalue weighted by Crippen LogP contribution is -2.52. The van der Waals surface area contributed by atoms with Crippen molar-refractivity contribution in [3.8, 4) is 5.75 Å². The summed E-state index contributed by atoms with van der Waals surface area (Å²) in [6.07, 6.45) is 4.04. The summed E-state index contributed by atoms with van der Waals surface area (Å²) in [5, 5.41) is 4.47. The molecule has 1 saturated heterocycles. The number of unbranched alkanes of at least 4 members (excludes halogenated alkanes) is 1. The van der Waals surface area contributed by atoms with Gasteiger partial charge in [-0.3, -0.25) is 4.79 Å². The van der Waals surface area contributed by atoms with Gasteiger partial charge in [0.15, 0.2) is 11.4 Å². The predicted molar refractivity (Wildman–Crippen MR) is 121 cm³/mol. The second kappa shape index (κ2) is 10.8. The van der Waals surface area contributed by atoms with Crippen LogP contribution in [0.5, 0.6) is 5.75 Å². The maximum absolute atomic E-state index is 14.0. The molecule has 1 amide bonds. The Morgan fingerprint density at radius 1 is 1.30 bits per heavy atom. The molecule has 0 radical (unpaired) electrons. The number of carbonyl (C=O) groups excluding carboxylic acids is 1. The highest BCUT2D eigenvalue weighted by Crippen LogP contribution is 2.35. The number of methoxy groups -OCH3 is 1. The van der Waals surface area contributed by atoms with Gasteiger partial charge in [0.2, 0.25) is 0 Å². The molecule has 1 N–H and O–H groups in total. The molecule has 3 rings (SSSR count). The average molecular weight is 416 g/mol. The molecule has 1 unspecified atom stereocenters. The molecule has 0 bridgehead atoms. The van der Waals surface area contributed by atoms with E-state index in [9.17, 15) is 4.79 Å². The zero-order valence-electron chi connectivity index (χ0n) is 18.9. The molecule has 0 saturated carbocycles. The zero-order valence-corrected chi connectivity index (χ0v) is 18.9. The van der Waals surface area contributed by atoms with Crippen molar-refractivity contribution >= 4 is 16.8 Å². The number of aryl methyl sites for hydroxylation is 1. The molecule has 6 nitrogen and oxygen atoms in total. The van der Waals surface area contributed by atoms with Crippen LogP contribution in [0.3, 0.4) is 0 Å². The van der Waals surface area contributed by atoms with Gasteiger partial charge < -0.3 is 24.3 Å². The Balaban J connectivity index is 2.06. The van der Waals surface area contributed by atoms with Crippen LogP contribution in [0.25, 0.3) is 10.9 Å². The van der Waals surface area contributed by atoms with Crippen molar-refractivity contribution in [1.29, 1.82) is 0 Å². The van der Waals surface area contributed by atoms with Crippen LogP contribution < -0.4 is 10.1 Å². The maximum Gasteiger partial charge on any atom is 0.274 e. The first-order valence-electron chi connectivity index (χ1n) is 11.4. The smallest absolute Gasteiger partial charge is 0.274 e. The normalized spacial score (nSPS) is 16.9. The number of amides is 1. The van der Waals surface area contributed by atoms with Crippen molar-refractivity contribution in [2.75, 3.05) is 33.4 Å². The van der Waals surface area contributed by atoms with Gasteiger partial charge in [-0.1, -0.05) is 12.1 Å². The molecule has 1 fully saturated rings. The summed E-state index contributed by atoms with van der Waals surface area (Å²) in [7, 11) is 1.73. The minimum absolute atomic E-state index is 0.0742. The number of piperidine rings is 1. The standard InChI is InChI=1S/C24H37N3O3/c1-5-30-23-20-12-6-7-13-21(20)26(15-8-9-16-29-4)22(23)24(28)27(18(2)3)19-11-10-14-25-17-19/h6-7,12-13,18-19,25H,5,8-11,14-17H2,1-4H3. The molecule has 1 aromatic heterocycles. The van der Waals surface area contributed by atoms with Gasteiger partial charge >= 0.3 is 0 Å². The number of nitrogens with zero attached hydrogens (tertiary/aromatic N) is 2. The summed E-state index contributed by atoms with van der Waals surface area (Å²) < 4.78 is 13.5. The van der Waals surface area contributed by atoms with Crippen LogP contribution >= 0.6 is 0 Å². The van der Waals surface area contributed by atoms with Gasteiger partial charge in [0.25, 0.3) is 5.91 Å². The Morgan fingerprint density at radius 3 is 2.77 bits per heavy atom. The fourth-order valence-corrected chi connectivity index (χ4v) is 4.54. The van der Waals surface area contributed by atoms with Gasteiger partial charge in [0, 0.05) is 44.3 Å². The molecule has 30 heavy (non-hydrogen) atoms. The van der Waals surface area contributed by atoms with Gasteiger partial charge in [-0.25, -0.2) is 0 Å². The lowest BCUT2D eigenvalue weighted by molar-refractivity contribution is 0.0558. The molecule has 0 aliphatic carbocycles. The lowest BCUT2D eigenvalue weighted by Gasteiger charge is -2.38. The Labute approximate surface area is 180 Å². The molecule has 1 aliphatic rings. The number of aromatic nitrogens is 1. The first-order valence-corrected chi connectivity index (χ1v) is 11.4. The van der Waals surface area contributed by atoms with Crippen LogP contribution in [-0.2, 0) is 11.3 Å². The molecule has 1 atom stereocenters. The molecule has 6 heteroatoms. The van der Waals surface area contributed by atoms with E-state index in [1.54, 1.807) is 7.11 Å². The van der Waals surface area contributed by atoms with Gasteiger partial charge in [0.05, 0.1) is 12.1 Å². The van der Waals surface area contributed by atoms with Crippen LogP contribution in [-0.4, -0.2) is 60.9 Å². The summed E-state index contributed by atoms with van der Waals surface area (Å²) in [6, 6.07) is 8.53. The summed E-state index contributed by atoms with van der Waals surface area (Å²) >= 11 is 0. The van der Waals surface area contributed by atoms with E-state index in [1.165, 1.54) is 0 Å². The minimum Gasteiger partial charge on any atom is -0.491 e. The Morgan fingerprint density at radius 2 is 2.10 bits per heavy atom. The Bertz CT molecular complexity index is 824. The number of rotatable bonds is 10. The summed E-state index contributed by atoms with van der Waals surface area (Å²) in [5.41, 5.74) is 1.75. The molecule has 2 heterocycles. The number of para-hydroxylation sites is 1. The van der Waals surface area contributed by atoms with Gasteiger partial charge in [0.1, 0.15) is 0 Å². The summed E-state index contributed by atoms with van der Waals surface area (Å²) in [5.74, 6) is 0.796. The summed E-state index contributed by atoms with van der Waals surface area (Å²) in [4.78, 5) is 16.1. The SMILES string of the molecule is CCOc1c(C(=O)N(C(C)C)C2CCCNC2)n(CCCCOC)c2ccccc12. The van der Waals surface area contributed by atoms with E-state index in [4.69, 9.17) is 9.47 Å². The van der Waals surface area contributed by atoms with E-state index in [2.05, 4.69) is 40.8 Å². The third-order valence-electron chi connectivity index (χ3n) is 5.85. The highest BCUT2D eigenvalue weighted by atomic mass is 16.5. The van der Waals surface area contributed by atoms with Crippen molar-refractivity contribution in [3.05, 3.63) is 30.0 Å². The van der Waals surface area contributed by atoms with Crippen molar-refractivity contribution in [2.24, 2.45) is 0 Å². The molecular formula is C24H37N3O3. The second-order valence-corrected chi connectivity index (χ2v) is 8.29. The third-order valence-corrected chi connectivity index (χ3v) is 5.85. The molecule has 166 valence electrons. The van der Waals surface area contributed by atoms with Crippen molar-refractivity contribution in [3.63, 3.8) is 0 Å². The topological polar surface area (TPSA) is 55.7 Å².